The molecule has 3 aliphatic rings. The predicted molar refractivity (Wildman–Crippen MR) is 189 cm³/mol. The van der Waals surface area contributed by atoms with Crippen molar-refractivity contribution in [1.29, 1.82) is 0 Å². The van der Waals surface area contributed by atoms with Gasteiger partial charge in [0.2, 0.25) is 0 Å². The highest BCUT2D eigenvalue weighted by Crippen LogP contribution is 2.28. The van der Waals surface area contributed by atoms with Crippen LogP contribution in [0.25, 0.3) is 0 Å². The lowest BCUT2D eigenvalue weighted by Crippen LogP contribution is -2.54. The number of anilines is 2. The number of ether oxygens (including phenoxy) is 1. The number of para-hydroxylation sites is 1. The first-order valence-electron chi connectivity index (χ1n) is 17.4. The number of phenols is 1. The van der Waals surface area contributed by atoms with Gasteiger partial charge >= 0.3 is 18.1 Å². The molecule has 0 spiro atoms. The van der Waals surface area contributed by atoms with Crippen LogP contribution in [0, 0.1) is 6.92 Å². The fraction of sp³-hybridized carbons (Fsp3) is 0.421. The van der Waals surface area contributed by atoms with Gasteiger partial charge in [0.25, 0.3) is 5.91 Å². The summed E-state index contributed by atoms with van der Waals surface area (Å²) < 4.78 is 6.03. The van der Waals surface area contributed by atoms with Gasteiger partial charge in [-0.3, -0.25) is 4.79 Å². The lowest BCUT2D eigenvalue weighted by atomic mass is 9.98. The summed E-state index contributed by atoms with van der Waals surface area (Å²) in [6, 6.07) is 18.0. The summed E-state index contributed by atoms with van der Waals surface area (Å²) in [5.41, 5.74) is 5.29. The summed E-state index contributed by atoms with van der Waals surface area (Å²) in [6.45, 7) is 7.08. The molecule has 50 heavy (non-hydrogen) atoms. The fourth-order valence-electron chi connectivity index (χ4n) is 7.21. The number of aromatic hydroxyl groups is 1. The molecule has 0 aromatic heterocycles. The number of aryl methyl sites for hydroxylation is 2. The molecule has 3 aliphatic heterocycles. The third kappa shape index (κ3) is 7.64. The molecular weight excluding hydrogens is 638 g/mol. The van der Waals surface area contributed by atoms with Crippen molar-refractivity contribution in [2.45, 2.75) is 58.1 Å². The van der Waals surface area contributed by atoms with Gasteiger partial charge in [-0.05, 0) is 85.2 Å². The van der Waals surface area contributed by atoms with Crippen molar-refractivity contribution in [3.8, 4) is 5.75 Å². The van der Waals surface area contributed by atoms with Crippen LogP contribution in [0.3, 0.4) is 0 Å². The van der Waals surface area contributed by atoms with E-state index >= 15 is 0 Å². The molecule has 2 fully saturated rings. The van der Waals surface area contributed by atoms with Crippen LogP contribution in [0.1, 0.15) is 52.4 Å². The van der Waals surface area contributed by atoms with Crippen molar-refractivity contribution in [3.05, 3.63) is 88.5 Å². The molecule has 0 bridgehead atoms. The summed E-state index contributed by atoms with van der Waals surface area (Å²) in [5.74, 6) is -1.03. The number of carbonyl (C=O) groups excluding carboxylic acids is 3. The van der Waals surface area contributed by atoms with Crippen LogP contribution in [-0.4, -0.2) is 107 Å². The normalized spacial score (nSPS) is 17.4. The van der Waals surface area contributed by atoms with E-state index in [0.717, 1.165) is 34.5 Å². The molecule has 264 valence electrons. The highest BCUT2D eigenvalue weighted by atomic mass is 16.6. The SMILES string of the molecule is CCc1cc(C[C@@H](OC(=O)N2CCC(N3CCc4ccccc4NC3=O)CC2)C(=O)N2CCN(c3ccc(C(=O)O)cc3)CC2)cc(C)c1O. The van der Waals surface area contributed by atoms with E-state index in [4.69, 9.17) is 4.74 Å². The minimum absolute atomic E-state index is 0.0187. The molecule has 12 nitrogen and oxygen atoms in total. The molecule has 0 unspecified atom stereocenters. The number of nitrogens with one attached hydrogen (secondary N) is 1. The second-order valence-corrected chi connectivity index (χ2v) is 13.3. The molecule has 0 saturated carbocycles. The Morgan fingerprint density at radius 1 is 0.920 bits per heavy atom. The number of phenolic OH excluding ortho intramolecular Hbond substituents is 1. The molecule has 4 amide bonds. The summed E-state index contributed by atoms with van der Waals surface area (Å²) in [7, 11) is 0. The number of piperazine rings is 1. The van der Waals surface area contributed by atoms with Gasteiger partial charge in [0, 0.05) is 69.7 Å². The Balaban J connectivity index is 1.11. The number of rotatable bonds is 8. The van der Waals surface area contributed by atoms with E-state index in [0.29, 0.717) is 70.6 Å². The average Bonchev–Trinajstić information content (AvgIpc) is 3.30. The number of carboxylic acid groups (broad SMARTS) is 1. The number of urea groups is 1. The number of likely N-dealkylation sites (tertiary alicyclic amines) is 1. The van der Waals surface area contributed by atoms with Crippen molar-refractivity contribution in [2.75, 3.05) is 56.0 Å². The first-order chi connectivity index (χ1) is 24.1. The Kier molecular flexibility index (Phi) is 10.4. The van der Waals surface area contributed by atoms with Crippen LogP contribution in [0.15, 0.2) is 60.7 Å². The van der Waals surface area contributed by atoms with Crippen molar-refractivity contribution in [2.24, 2.45) is 0 Å². The van der Waals surface area contributed by atoms with Crippen LogP contribution in [0.5, 0.6) is 5.75 Å². The Hall–Kier alpha value is -5.26. The summed E-state index contributed by atoms with van der Waals surface area (Å²) in [5, 5.41) is 22.8. The smallest absolute Gasteiger partial charge is 0.410 e. The van der Waals surface area contributed by atoms with Gasteiger partial charge in [-0.2, -0.15) is 0 Å². The number of carboxylic acids is 1. The number of benzene rings is 3. The molecule has 12 heteroatoms. The van der Waals surface area contributed by atoms with Gasteiger partial charge in [0.05, 0.1) is 5.56 Å². The van der Waals surface area contributed by atoms with E-state index in [-0.39, 0.29) is 35.7 Å². The van der Waals surface area contributed by atoms with Gasteiger partial charge in [-0.1, -0.05) is 37.3 Å². The number of hydrogen-bond acceptors (Lipinski definition) is 7. The molecule has 3 aromatic rings. The van der Waals surface area contributed by atoms with E-state index in [2.05, 4.69) is 10.2 Å². The molecule has 3 aromatic carbocycles. The molecule has 0 aliphatic carbocycles. The minimum atomic E-state index is -1.06. The number of carbonyl (C=O) groups is 4. The molecule has 3 N–H and O–H groups in total. The van der Waals surface area contributed by atoms with Gasteiger partial charge < -0.3 is 39.9 Å². The zero-order chi connectivity index (χ0) is 35.4. The Bertz CT molecular complexity index is 1730. The number of amides is 4. The number of piperidine rings is 1. The average molecular weight is 684 g/mol. The maximum atomic E-state index is 14.1. The zero-order valence-corrected chi connectivity index (χ0v) is 28.6. The van der Waals surface area contributed by atoms with Crippen molar-refractivity contribution in [1.82, 2.24) is 14.7 Å². The van der Waals surface area contributed by atoms with Crippen molar-refractivity contribution in [3.63, 3.8) is 0 Å². The van der Waals surface area contributed by atoms with Crippen molar-refractivity contribution < 1.29 is 34.1 Å². The van der Waals surface area contributed by atoms with Crippen LogP contribution in [0.2, 0.25) is 0 Å². The summed E-state index contributed by atoms with van der Waals surface area (Å²) in [4.78, 5) is 59.4. The minimum Gasteiger partial charge on any atom is -0.507 e. The van der Waals surface area contributed by atoms with Gasteiger partial charge in [0.15, 0.2) is 6.10 Å². The lowest BCUT2D eigenvalue weighted by Gasteiger charge is -2.39. The van der Waals surface area contributed by atoms with E-state index in [9.17, 15) is 29.4 Å². The largest absolute Gasteiger partial charge is 0.507 e. The second-order valence-electron chi connectivity index (χ2n) is 13.3. The molecular formula is C38H45N5O7. The zero-order valence-electron chi connectivity index (χ0n) is 28.6. The Morgan fingerprint density at radius 2 is 1.62 bits per heavy atom. The predicted octanol–water partition coefficient (Wildman–Crippen LogP) is 4.91. The number of fused-ring (bicyclic) bond motifs is 1. The Morgan fingerprint density at radius 3 is 2.30 bits per heavy atom. The highest BCUT2D eigenvalue weighted by molar-refractivity contribution is 5.91. The maximum Gasteiger partial charge on any atom is 0.410 e. The first-order valence-corrected chi connectivity index (χ1v) is 17.4. The van der Waals surface area contributed by atoms with Crippen molar-refractivity contribution >= 4 is 35.4 Å². The summed E-state index contributed by atoms with van der Waals surface area (Å²) in [6.07, 6.45) is 1.12. The second kappa shape index (κ2) is 15.1. The topological polar surface area (TPSA) is 143 Å². The van der Waals surface area contributed by atoms with Gasteiger partial charge in [-0.25, -0.2) is 14.4 Å². The molecule has 3 heterocycles. The van der Waals surface area contributed by atoms with Crippen LogP contribution in [0.4, 0.5) is 21.0 Å². The lowest BCUT2D eigenvalue weighted by molar-refractivity contribution is -0.141. The highest BCUT2D eigenvalue weighted by Gasteiger charge is 2.35. The number of nitrogens with zero attached hydrogens (tertiary/aromatic N) is 4. The molecule has 2 saturated heterocycles. The fourth-order valence-corrected chi connectivity index (χ4v) is 7.21. The molecule has 0 radical (unpaired) electrons. The third-order valence-electron chi connectivity index (χ3n) is 10.1. The standard InChI is InChI=1S/C38H45N5O7/c1-3-27-23-26(22-25(2)34(27)44)24-33(35(45)41-20-18-40(19-21-41)30-10-8-29(9-11-30)36(46)47)50-38(49)42-15-13-31(14-16-42)43-17-12-28-6-4-5-7-32(28)39-37(43)48/h4-11,22-23,31,33,44H,3,12-21,24H2,1-2H3,(H,39,48)(H,46,47)/t33-/m1/s1. The van der Waals surface area contributed by atoms with Gasteiger partial charge in [0.1, 0.15) is 5.75 Å². The first kappa shape index (κ1) is 34.6. The van der Waals surface area contributed by atoms with Crippen LogP contribution in [-0.2, 0) is 28.8 Å². The summed E-state index contributed by atoms with van der Waals surface area (Å²) >= 11 is 0. The number of aromatic carboxylic acids is 1. The Labute approximate surface area is 292 Å². The quantitative estimate of drug-likeness (QED) is 0.304. The van der Waals surface area contributed by atoms with Gasteiger partial charge in [-0.15, -0.1) is 0 Å². The van der Waals surface area contributed by atoms with E-state index in [1.807, 2.05) is 55.1 Å². The van der Waals surface area contributed by atoms with E-state index in [1.165, 1.54) is 0 Å². The van der Waals surface area contributed by atoms with E-state index in [1.54, 1.807) is 34.1 Å². The van der Waals surface area contributed by atoms with Crippen LogP contribution < -0.4 is 10.2 Å². The molecule has 1 atom stereocenters. The monoisotopic (exact) mass is 683 g/mol. The van der Waals surface area contributed by atoms with Crippen LogP contribution >= 0.6 is 0 Å². The number of hydrogen-bond donors (Lipinski definition) is 3. The van der Waals surface area contributed by atoms with E-state index < -0.39 is 18.2 Å². The maximum absolute atomic E-state index is 14.1. The molecule has 6 rings (SSSR count). The third-order valence-corrected chi connectivity index (χ3v) is 10.1.